The predicted octanol–water partition coefficient (Wildman–Crippen LogP) is 3.55. The van der Waals surface area contributed by atoms with Crippen LogP contribution in [0.4, 0.5) is 0 Å². The third-order valence-electron chi connectivity index (χ3n) is 5.71. The van der Waals surface area contributed by atoms with E-state index in [0.29, 0.717) is 12.5 Å². The standard InChI is InChI=1S/C25H31N5O/c1-26-25(27-16-23-10-5-6-11-24(23)18-30-14-7-13-28-30)29-15-12-22(17-29)20-31-19-21-8-3-2-4-9-21/h2-11,13-14,22H,12,15-20H2,1H3,(H,26,27). The Morgan fingerprint density at radius 1 is 1.10 bits per heavy atom. The van der Waals surface area contributed by atoms with E-state index in [0.717, 1.165) is 45.2 Å². The van der Waals surface area contributed by atoms with Crippen molar-refractivity contribution in [1.29, 1.82) is 0 Å². The van der Waals surface area contributed by atoms with E-state index < -0.39 is 0 Å². The highest BCUT2D eigenvalue weighted by Gasteiger charge is 2.25. The normalized spacial score (nSPS) is 16.6. The van der Waals surface area contributed by atoms with Crippen LogP contribution in [0.3, 0.4) is 0 Å². The van der Waals surface area contributed by atoms with Gasteiger partial charge in [0.1, 0.15) is 0 Å². The third kappa shape index (κ3) is 5.95. The maximum Gasteiger partial charge on any atom is 0.193 e. The maximum absolute atomic E-state index is 5.97. The molecule has 2 heterocycles. The number of likely N-dealkylation sites (tertiary alicyclic amines) is 1. The number of nitrogens with one attached hydrogen (secondary N) is 1. The second-order valence-corrected chi connectivity index (χ2v) is 7.97. The summed E-state index contributed by atoms with van der Waals surface area (Å²) < 4.78 is 7.92. The Balaban J connectivity index is 1.26. The number of benzene rings is 2. The molecule has 0 saturated carbocycles. The van der Waals surface area contributed by atoms with E-state index in [9.17, 15) is 0 Å². The number of hydrogen-bond donors (Lipinski definition) is 1. The average Bonchev–Trinajstić information content (AvgIpc) is 3.49. The molecule has 0 bridgehead atoms. The van der Waals surface area contributed by atoms with Crippen molar-refractivity contribution in [2.45, 2.75) is 26.1 Å². The number of guanidine groups is 1. The first kappa shape index (κ1) is 21.1. The fourth-order valence-electron chi connectivity index (χ4n) is 4.04. The van der Waals surface area contributed by atoms with Crippen LogP contribution in [0.2, 0.25) is 0 Å². The van der Waals surface area contributed by atoms with Gasteiger partial charge in [-0.05, 0) is 29.2 Å². The number of aliphatic imine (C=N–C) groups is 1. The van der Waals surface area contributed by atoms with Gasteiger partial charge in [0.25, 0.3) is 0 Å². The molecule has 6 heteroatoms. The van der Waals surface area contributed by atoms with Crippen LogP contribution in [0.5, 0.6) is 0 Å². The second-order valence-electron chi connectivity index (χ2n) is 7.97. The van der Waals surface area contributed by atoms with Gasteiger partial charge in [-0.2, -0.15) is 5.10 Å². The minimum atomic E-state index is 0.536. The summed E-state index contributed by atoms with van der Waals surface area (Å²) in [6, 6.07) is 20.8. The third-order valence-corrected chi connectivity index (χ3v) is 5.71. The van der Waals surface area contributed by atoms with Crippen molar-refractivity contribution < 1.29 is 4.74 Å². The molecule has 4 rings (SSSR count). The molecule has 1 aliphatic rings. The molecule has 0 spiro atoms. The fraction of sp³-hybridized carbons (Fsp3) is 0.360. The van der Waals surface area contributed by atoms with Gasteiger partial charge < -0.3 is 15.0 Å². The zero-order valence-electron chi connectivity index (χ0n) is 18.2. The molecule has 1 atom stereocenters. The van der Waals surface area contributed by atoms with Gasteiger partial charge in [-0.1, -0.05) is 54.6 Å². The number of nitrogens with zero attached hydrogens (tertiary/aromatic N) is 4. The van der Waals surface area contributed by atoms with Gasteiger partial charge in [0.2, 0.25) is 0 Å². The first-order chi connectivity index (χ1) is 15.3. The van der Waals surface area contributed by atoms with Crippen LogP contribution in [0.15, 0.2) is 78.0 Å². The van der Waals surface area contributed by atoms with E-state index in [1.165, 1.54) is 16.7 Å². The average molecular weight is 418 g/mol. The topological polar surface area (TPSA) is 54.7 Å². The number of rotatable bonds is 8. The summed E-state index contributed by atoms with van der Waals surface area (Å²) >= 11 is 0. The van der Waals surface area contributed by atoms with Crippen molar-refractivity contribution in [1.82, 2.24) is 20.0 Å². The first-order valence-electron chi connectivity index (χ1n) is 10.9. The van der Waals surface area contributed by atoms with E-state index in [1.54, 1.807) is 0 Å². The van der Waals surface area contributed by atoms with Gasteiger partial charge in [-0.25, -0.2) is 0 Å². The van der Waals surface area contributed by atoms with Crippen LogP contribution < -0.4 is 5.32 Å². The van der Waals surface area contributed by atoms with Crippen LogP contribution in [0.1, 0.15) is 23.1 Å². The summed E-state index contributed by atoms with van der Waals surface area (Å²) in [6.45, 7) is 4.97. The highest BCUT2D eigenvalue weighted by Crippen LogP contribution is 2.18. The SMILES string of the molecule is CN=C(NCc1ccccc1Cn1cccn1)N1CCC(COCc2ccccc2)C1. The van der Waals surface area contributed by atoms with Gasteiger partial charge in [-0.15, -0.1) is 0 Å². The van der Waals surface area contributed by atoms with E-state index in [4.69, 9.17) is 4.74 Å². The summed E-state index contributed by atoms with van der Waals surface area (Å²) in [7, 11) is 1.86. The molecule has 31 heavy (non-hydrogen) atoms. The van der Waals surface area contributed by atoms with Crippen molar-refractivity contribution in [3.05, 3.63) is 89.7 Å². The van der Waals surface area contributed by atoms with E-state index >= 15 is 0 Å². The molecule has 0 aliphatic carbocycles. The Kier molecular flexibility index (Phi) is 7.34. The molecular weight excluding hydrogens is 386 g/mol. The lowest BCUT2D eigenvalue weighted by molar-refractivity contribution is 0.0906. The minimum Gasteiger partial charge on any atom is -0.376 e. The van der Waals surface area contributed by atoms with Gasteiger partial charge in [0.05, 0.1) is 19.8 Å². The lowest BCUT2D eigenvalue weighted by Gasteiger charge is -2.22. The summed E-state index contributed by atoms with van der Waals surface area (Å²) in [4.78, 5) is 6.87. The number of aromatic nitrogens is 2. The highest BCUT2D eigenvalue weighted by atomic mass is 16.5. The Hall–Kier alpha value is -3.12. The molecule has 0 radical (unpaired) electrons. The predicted molar refractivity (Wildman–Crippen MR) is 124 cm³/mol. The fourth-order valence-corrected chi connectivity index (χ4v) is 4.04. The molecule has 0 amide bonds. The van der Waals surface area contributed by atoms with Gasteiger partial charge >= 0.3 is 0 Å². The Labute approximate surface area is 184 Å². The smallest absolute Gasteiger partial charge is 0.193 e. The molecule has 1 unspecified atom stereocenters. The molecule has 3 aromatic rings. The molecular formula is C25H31N5O. The molecule has 2 aromatic carbocycles. The Morgan fingerprint density at radius 2 is 1.90 bits per heavy atom. The monoisotopic (exact) mass is 417 g/mol. The summed E-state index contributed by atoms with van der Waals surface area (Å²) in [5.74, 6) is 1.49. The first-order valence-corrected chi connectivity index (χ1v) is 10.9. The molecule has 1 aliphatic heterocycles. The van der Waals surface area contributed by atoms with Gasteiger partial charge in [0, 0.05) is 45.0 Å². The van der Waals surface area contributed by atoms with Crippen LogP contribution in [-0.2, 0) is 24.4 Å². The Bertz CT molecular complexity index is 955. The Morgan fingerprint density at radius 3 is 2.68 bits per heavy atom. The molecule has 1 aromatic heterocycles. The zero-order valence-corrected chi connectivity index (χ0v) is 18.2. The molecule has 1 N–H and O–H groups in total. The number of ether oxygens (including phenoxy) is 1. The van der Waals surface area contributed by atoms with Crippen LogP contribution >= 0.6 is 0 Å². The lowest BCUT2D eigenvalue weighted by atomic mass is 10.1. The lowest BCUT2D eigenvalue weighted by Crippen LogP contribution is -2.40. The summed E-state index contributed by atoms with van der Waals surface area (Å²) in [5, 5.41) is 7.89. The zero-order chi connectivity index (χ0) is 21.3. The van der Waals surface area contributed by atoms with E-state index in [1.807, 2.05) is 36.3 Å². The van der Waals surface area contributed by atoms with Gasteiger partial charge in [0.15, 0.2) is 5.96 Å². The van der Waals surface area contributed by atoms with Crippen molar-refractivity contribution in [3.8, 4) is 0 Å². The molecule has 162 valence electrons. The summed E-state index contributed by atoms with van der Waals surface area (Å²) in [6.07, 6.45) is 4.94. The van der Waals surface area contributed by atoms with Crippen LogP contribution in [0, 0.1) is 5.92 Å². The van der Waals surface area contributed by atoms with Gasteiger partial charge in [-0.3, -0.25) is 9.67 Å². The van der Waals surface area contributed by atoms with Crippen LogP contribution in [-0.4, -0.2) is 47.4 Å². The molecule has 1 saturated heterocycles. The van der Waals surface area contributed by atoms with E-state index in [-0.39, 0.29) is 0 Å². The quantitative estimate of drug-likeness (QED) is 0.450. The summed E-state index contributed by atoms with van der Waals surface area (Å²) in [5.41, 5.74) is 3.76. The van der Waals surface area contributed by atoms with Crippen molar-refractivity contribution in [2.75, 3.05) is 26.7 Å². The van der Waals surface area contributed by atoms with Crippen molar-refractivity contribution in [2.24, 2.45) is 10.9 Å². The largest absolute Gasteiger partial charge is 0.376 e. The molecule has 1 fully saturated rings. The molecule has 6 nitrogen and oxygen atoms in total. The van der Waals surface area contributed by atoms with Crippen molar-refractivity contribution in [3.63, 3.8) is 0 Å². The van der Waals surface area contributed by atoms with Crippen LogP contribution in [0.25, 0.3) is 0 Å². The highest BCUT2D eigenvalue weighted by molar-refractivity contribution is 5.80. The van der Waals surface area contributed by atoms with E-state index in [2.05, 4.69) is 68.8 Å². The van der Waals surface area contributed by atoms with Crippen molar-refractivity contribution >= 4 is 5.96 Å². The maximum atomic E-state index is 5.97. The second kappa shape index (κ2) is 10.8. The number of hydrogen-bond acceptors (Lipinski definition) is 3. The minimum absolute atomic E-state index is 0.536.